The van der Waals surface area contributed by atoms with Gasteiger partial charge in [0.1, 0.15) is 0 Å². The van der Waals surface area contributed by atoms with E-state index in [1.54, 1.807) is 10.4 Å². The molecule has 0 bridgehead atoms. The van der Waals surface area contributed by atoms with E-state index in [0.29, 0.717) is 0 Å². The summed E-state index contributed by atoms with van der Waals surface area (Å²) < 4.78 is 0. The first-order chi connectivity index (χ1) is 7.34. The Labute approximate surface area is 95.0 Å². The van der Waals surface area contributed by atoms with E-state index in [4.69, 9.17) is 5.73 Å². The minimum Gasteiger partial charge on any atom is -0.320 e. The fourth-order valence-electron chi connectivity index (χ4n) is 2.67. The Balaban J connectivity index is 1.86. The Hall–Kier alpha value is -0.600. The van der Waals surface area contributed by atoms with Gasteiger partial charge in [-0.25, -0.2) is 0 Å². The molecule has 80 valence electrons. The molecule has 2 aliphatic rings. The summed E-state index contributed by atoms with van der Waals surface area (Å²) in [4.78, 5) is 2.99. The van der Waals surface area contributed by atoms with E-state index < -0.39 is 0 Å². The molecule has 0 radical (unpaired) electrons. The average Bonchev–Trinajstić information content (AvgIpc) is 2.92. The lowest BCUT2D eigenvalue weighted by molar-refractivity contribution is 0.795. The largest absolute Gasteiger partial charge is 0.320 e. The third kappa shape index (κ3) is 1.66. The number of aryl methyl sites for hydroxylation is 2. The molecule has 0 saturated heterocycles. The van der Waals surface area contributed by atoms with Gasteiger partial charge in [0.15, 0.2) is 0 Å². The molecule has 0 amide bonds. The van der Waals surface area contributed by atoms with Gasteiger partial charge in [-0.2, -0.15) is 0 Å². The van der Waals surface area contributed by atoms with Gasteiger partial charge in [-0.3, -0.25) is 0 Å². The van der Waals surface area contributed by atoms with E-state index in [0.717, 1.165) is 0 Å². The van der Waals surface area contributed by atoms with Gasteiger partial charge in [0.05, 0.1) is 6.04 Å². The minimum absolute atomic E-state index is 0.197. The first-order valence-electron chi connectivity index (χ1n) is 5.90. The highest BCUT2D eigenvalue weighted by Gasteiger charge is 2.21. The van der Waals surface area contributed by atoms with E-state index in [1.807, 2.05) is 11.3 Å². The summed E-state index contributed by atoms with van der Waals surface area (Å²) in [5, 5.41) is 0. The number of rotatable bonds is 2. The van der Waals surface area contributed by atoms with E-state index in [-0.39, 0.29) is 6.04 Å². The molecule has 2 aliphatic carbocycles. The SMILES string of the molecule is NC(C1=CCCC1)c1cc2c(s1)CCC2. The maximum Gasteiger partial charge on any atom is 0.0605 e. The second-order valence-electron chi connectivity index (χ2n) is 4.60. The van der Waals surface area contributed by atoms with Crippen molar-refractivity contribution in [1.82, 2.24) is 0 Å². The Morgan fingerprint density at radius 3 is 2.87 bits per heavy atom. The van der Waals surface area contributed by atoms with Crippen LogP contribution in [0.4, 0.5) is 0 Å². The zero-order valence-electron chi connectivity index (χ0n) is 8.96. The topological polar surface area (TPSA) is 26.0 Å². The van der Waals surface area contributed by atoms with E-state index >= 15 is 0 Å². The van der Waals surface area contributed by atoms with Gasteiger partial charge in [0.2, 0.25) is 0 Å². The number of allylic oxidation sites excluding steroid dienone is 1. The van der Waals surface area contributed by atoms with Crippen LogP contribution in [-0.4, -0.2) is 0 Å². The van der Waals surface area contributed by atoms with Crippen molar-refractivity contribution in [2.24, 2.45) is 5.73 Å². The maximum absolute atomic E-state index is 6.30. The van der Waals surface area contributed by atoms with Crippen LogP contribution in [0.1, 0.15) is 47.0 Å². The number of nitrogens with two attached hydrogens (primary N) is 1. The summed E-state index contributed by atoms with van der Waals surface area (Å²) in [6.07, 6.45) is 9.99. The highest BCUT2D eigenvalue weighted by atomic mass is 32.1. The van der Waals surface area contributed by atoms with E-state index in [1.165, 1.54) is 49.0 Å². The molecule has 2 N–H and O–H groups in total. The van der Waals surface area contributed by atoms with Crippen LogP contribution in [0, 0.1) is 0 Å². The number of hydrogen-bond acceptors (Lipinski definition) is 2. The monoisotopic (exact) mass is 219 g/mol. The van der Waals surface area contributed by atoms with Gasteiger partial charge in [-0.15, -0.1) is 11.3 Å². The summed E-state index contributed by atoms with van der Waals surface area (Å²) in [5.41, 5.74) is 9.34. The lowest BCUT2D eigenvalue weighted by Gasteiger charge is -2.10. The van der Waals surface area contributed by atoms with Crippen LogP contribution in [0.2, 0.25) is 0 Å². The molecule has 0 aliphatic heterocycles. The Morgan fingerprint density at radius 1 is 1.20 bits per heavy atom. The summed E-state index contributed by atoms with van der Waals surface area (Å²) in [6.45, 7) is 0. The van der Waals surface area contributed by atoms with Crippen LogP contribution >= 0.6 is 11.3 Å². The predicted octanol–water partition coefficient (Wildman–Crippen LogP) is 3.35. The molecular formula is C13H17NS. The quantitative estimate of drug-likeness (QED) is 0.758. The lowest BCUT2D eigenvalue weighted by atomic mass is 10.1. The molecule has 1 atom stereocenters. The van der Waals surface area contributed by atoms with Crippen molar-refractivity contribution in [2.75, 3.05) is 0 Å². The molecule has 15 heavy (non-hydrogen) atoms. The molecule has 1 unspecified atom stereocenters. The van der Waals surface area contributed by atoms with E-state index in [9.17, 15) is 0 Å². The molecule has 0 spiro atoms. The fourth-order valence-corrected chi connectivity index (χ4v) is 3.97. The molecule has 1 aromatic rings. The third-order valence-corrected chi connectivity index (χ3v) is 4.87. The first-order valence-corrected chi connectivity index (χ1v) is 6.72. The summed E-state index contributed by atoms with van der Waals surface area (Å²) in [5.74, 6) is 0. The summed E-state index contributed by atoms with van der Waals surface area (Å²) in [7, 11) is 0. The van der Waals surface area contributed by atoms with Crippen molar-refractivity contribution in [3.63, 3.8) is 0 Å². The molecular weight excluding hydrogens is 202 g/mol. The summed E-state index contributed by atoms with van der Waals surface area (Å²) in [6, 6.07) is 2.56. The van der Waals surface area contributed by atoms with E-state index in [2.05, 4.69) is 12.1 Å². The smallest absolute Gasteiger partial charge is 0.0605 e. The van der Waals surface area contributed by atoms with Gasteiger partial charge in [0.25, 0.3) is 0 Å². The van der Waals surface area contributed by atoms with Crippen molar-refractivity contribution in [2.45, 2.75) is 44.6 Å². The van der Waals surface area contributed by atoms with Gasteiger partial charge in [0, 0.05) is 9.75 Å². The number of hydrogen-bond donors (Lipinski definition) is 1. The zero-order valence-corrected chi connectivity index (χ0v) is 9.78. The Morgan fingerprint density at radius 2 is 2.13 bits per heavy atom. The van der Waals surface area contributed by atoms with Gasteiger partial charge >= 0.3 is 0 Å². The van der Waals surface area contributed by atoms with Crippen LogP contribution in [0.25, 0.3) is 0 Å². The predicted molar refractivity (Wildman–Crippen MR) is 65.2 cm³/mol. The van der Waals surface area contributed by atoms with Crippen LogP contribution in [0.5, 0.6) is 0 Å². The summed E-state index contributed by atoms with van der Waals surface area (Å²) >= 11 is 1.95. The lowest BCUT2D eigenvalue weighted by Crippen LogP contribution is -2.10. The molecule has 2 heteroatoms. The molecule has 0 saturated carbocycles. The standard InChI is InChI=1S/C13H17NS/c14-13(9-4-1-2-5-9)12-8-10-6-3-7-11(10)15-12/h4,8,13H,1-3,5-7,14H2. The normalized spacial score (nSPS) is 21.5. The minimum atomic E-state index is 0.197. The highest BCUT2D eigenvalue weighted by molar-refractivity contribution is 7.12. The maximum atomic E-state index is 6.30. The van der Waals surface area contributed by atoms with Gasteiger partial charge in [-0.1, -0.05) is 11.6 Å². The average molecular weight is 219 g/mol. The van der Waals surface area contributed by atoms with Crippen molar-refractivity contribution < 1.29 is 0 Å². The van der Waals surface area contributed by atoms with Crippen molar-refractivity contribution in [1.29, 1.82) is 0 Å². The molecule has 0 aromatic carbocycles. The highest BCUT2D eigenvalue weighted by Crippen LogP contribution is 2.37. The number of thiophene rings is 1. The molecule has 1 heterocycles. The Kier molecular flexibility index (Phi) is 2.41. The first kappa shape index (κ1) is 9.61. The zero-order chi connectivity index (χ0) is 10.3. The van der Waals surface area contributed by atoms with Crippen LogP contribution in [0.3, 0.4) is 0 Å². The van der Waals surface area contributed by atoms with Crippen molar-refractivity contribution in [3.05, 3.63) is 33.0 Å². The van der Waals surface area contributed by atoms with Gasteiger partial charge < -0.3 is 5.73 Å². The fraction of sp³-hybridized carbons (Fsp3) is 0.538. The molecule has 3 rings (SSSR count). The van der Waals surface area contributed by atoms with Crippen molar-refractivity contribution in [3.8, 4) is 0 Å². The number of fused-ring (bicyclic) bond motifs is 1. The second kappa shape index (κ2) is 3.76. The third-order valence-electron chi connectivity index (χ3n) is 3.55. The molecule has 1 aromatic heterocycles. The van der Waals surface area contributed by atoms with Crippen LogP contribution < -0.4 is 5.73 Å². The molecule has 0 fully saturated rings. The van der Waals surface area contributed by atoms with Crippen LogP contribution in [-0.2, 0) is 12.8 Å². The second-order valence-corrected chi connectivity index (χ2v) is 5.77. The van der Waals surface area contributed by atoms with Crippen molar-refractivity contribution >= 4 is 11.3 Å². The molecule has 1 nitrogen and oxygen atoms in total. The Bertz CT molecular complexity index is 381. The van der Waals surface area contributed by atoms with Crippen LogP contribution in [0.15, 0.2) is 17.7 Å². The van der Waals surface area contributed by atoms with Gasteiger partial charge in [-0.05, 0) is 50.2 Å².